The number of esters is 2. The Morgan fingerprint density at radius 3 is 2.57 bits per heavy atom. The van der Waals surface area contributed by atoms with E-state index in [-0.39, 0.29) is 6.42 Å². The highest BCUT2D eigenvalue weighted by molar-refractivity contribution is 5.93. The summed E-state index contributed by atoms with van der Waals surface area (Å²) >= 11 is 0. The van der Waals surface area contributed by atoms with E-state index in [0.29, 0.717) is 18.6 Å². The van der Waals surface area contributed by atoms with Crippen LogP contribution < -0.4 is 0 Å². The van der Waals surface area contributed by atoms with Crippen LogP contribution in [0.2, 0.25) is 0 Å². The molecule has 4 nitrogen and oxygen atoms in total. The Balaban J connectivity index is 2.17. The van der Waals surface area contributed by atoms with Crippen molar-refractivity contribution >= 4 is 11.9 Å². The number of rotatable bonds is 5. The summed E-state index contributed by atoms with van der Waals surface area (Å²) in [6.07, 6.45) is 7.85. The molecule has 0 saturated carbocycles. The van der Waals surface area contributed by atoms with Crippen molar-refractivity contribution in [3.8, 4) is 0 Å². The molecule has 0 amide bonds. The minimum absolute atomic E-state index is 0.282. The molecule has 1 aromatic carbocycles. The van der Waals surface area contributed by atoms with E-state index in [0.717, 1.165) is 0 Å². The van der Waals surface area contributed by atoms with Crippen molar-refractivity contribution in [1.29, 1.82) is 0 Å². The van der Waals surface area contributed by atoms with Crippen LogP contribution >= 0.6 is 0 Å². The van der Waals surface area contributed by atoms with Gasteiger partial charge in [0.15, 0.2) is 0 Å². The largest absolute Gasteiger partial charge is 0.462 e. The van der Waals surface area contributed by atoms with Crippen molar-refractivity contribution < 1.29 is 19.1 Å². The molecule has 4 heteroatoms. The van der Waals surface area contributed by atoms with Crippen LogP contribution in [0.25, 0.3) is 0 Å². The Morgan fingerprint density at radius 2 is 1.95 bits per heavy atom. The summed E-state index contributed by atoms with van der Waals surface area (Å²) in [5, 5.41) is 0. The van der Waals surface area contributed by atoms with E-state index in [1.54, 1.807) is 42.5 Å². The summed E-state index contributed by atoms with van der Waals surface area (Å²) < 4.78 is 10.6. The lowest BCUT2D eigenvalue weighted by Gasteiger charge is -2.28. The van der Waals surface area contributed by atoms with Gasteiger partial charge in [0.25, 0.3) is 0 Å². The topological polar surface area (TPSA) is 52.6 Å². The van der Waals surface area contributed by atoms with Gasteiger partial charge in [0.2, 0.25) is 5.60 Å². The number of hydrogen-bond donors (Lipinski definition) is 0. The first-order chi connectivity index (χ1) is 10.2. The number of carbonyl (C=O) groups excluding carboxylic acids is 2. The summed E-state index contributed by atoms with van der Waals surface area (Å²) in [6, 6.07) is 8.60. The Hall–Kier alpha value is -2.36. The van der Waals surface area contributed by atoms with Gasteiger partial charge >= 0.3 is 11.9 Å². The zero-order valence-electron chi connectivity index (χ0n) is 12.0. The highest BCUT2D eigenvalue weighted by atomic mass is 16.6. The molecule has 0 saturated heterocycles. The molecule has 1 aliphatic rings. The lowest BCUT2D eigenvalue weighted by molar-refractivity contribution is -0.161. The minimum Gasteiger partial charge on any atom is -0.462 e. The number of allylic oxidation sites excluding steroid dienone is 2. The van der Waals surface area contributed by atoms with Gasteiger partial charge in [-0.25, -0.2) is 9.59 Å². The van der Waals surface area contributed by atoms with Crippen LogP contribution in [0.4, 0.5) is 0 Å². The smallest absolute Gasteiger partial charge is 0.355 e. The molecule has 1 aromatic rings. The molecule has 0 heterocycles. The van der Waals surface area contributed by atoms with E-state index in [1.807, 2.05) is 19.1 Å². The van der Waals surface area contributed by atoms with E-state index >= 15 is 0 Å². The fourth-order valence-corrected chi connectivity index (χ4v) is 1.98. The number of ether oxygens (including phenoxy) is 2. The molecule has 0 N–H and O–H groups in total. The van der Waals surface area contributed by atoms with Gasteiger partial charge in [0, 0.05) is 6.42 Å². The maximum atomic E-state index is 12.3. The number of carbonyl (C=O) groups is 2. The van der Waals surface area contributed by atoms with Gasteiger partial charge in [-0.2, -0.15) is 0 Å². The van der Waals surface area contributed by atoms with Gasteiger partial charge in [-0.05, 0) is 24.6 Å². The fraction of sp³-hybridized carbons (Fsp3) is 0.294. The first-order valence-electron chi connectivity index (χ1n) is 6.98. The minimum atomic E-state index is -1.36. The van der Waals surface area contributed by atoms with Crippen LogP contribution in [0.3, 0.4) is 0 Å². The van der Waals surface area contributed by atoms with Crippen molar-refractivity contribution in [3.05, 3.63) is 60.2 Å². The molecular formula is C17H18O4. The van der Waals surface area contributed by atoms with Crippen LogP contribution in [-0.2, 0) is 14.3 Å². The molecular weight excluding hydrogens is 268 g/mol. The lowest BCUT2D eigenvalue weighted by atomic mass is 9.95. The Bertz CT molecular complexity index is 559. The summed E-state index contributed by atoms with van der Waals surface area (Å²) in [5.41, 5.74) is -0.959. The standard InChI is InChI=1S/C17H18O4/c1-2-13-20-16(19)17(11-7-4-8-12-17)21-15(18)14-9-5-3-6-10-14/h3-11H,2,12-13H2,1H3. The molecule has 1 atom stereocenters. The van der Waals surface area contributed by atoms with Gasteiger partial charge in [-0.1, -0.05) is 43.4 Å². The third-order valence-electron chi connectivity index (χ3n) is 3.10. The second-order valence-electron chi connectivity index (χ2n) is 4.77. The third kappa shape index (κ3) is 3.60. The normalized spacial score (nSPS) is 20.0. The monoisotopic (exact) mass is 286 g/mol. The molecule has 0 aromatic heterocycles. The average Bonchev–Trinajstić information content (AvgIpc) is 2.54. The van der Waals surface area contributed by atoms with Crippen molar-refractivity contribution in [1.82, 2.24) is 0 Å². The van der Waals surface area contributed by atoms with Crippen LogP contribution in [0.15, 0.2) is 54.6 Å². The predicted molar refractivity (Wildman–Crippen MR) is 78.7 cm³/mol. The number of benzene rings is 1. The average molecular weight is 286 g/mol. The summed E-state index contributed by atoms with van der Waals surface area (Å²) in [7, 11) is 0. The summed E-state index contributed by atoms with van der Waals surface area (Å²) in [5.74, 6) is -1.07. The molecule has 1 unspecified atom stereocenters. The second kappa shape index (κ2) is 6.88. The van der Waals surface area contributed by atoms with Gasteiger partial charge in [-0.15, -0.1) is 0 Å². The van der Waals surface area contributed by atoms with Gasteiger partial charge in [0.05, 0.1) is 12.2 Å². The fourth-order valence-electron chi connectivity index (χ4n) is 1.98. The Labute approximate surface area is 124 Å². The van der Waals surface area contributed by atoms with Crippen LogP contribution in [-0.4, -0.2) is 24.1 Å². The third-order valence-corrected chi connectivity index (χ3v) is 3.10. The van der Waals surface area contributed by atoms with Gasteiger partial charge in [-0.3, -0.25) is 0 Å². The van der Waals surface area contributed by atoms with Crippen molar-refractivity contribution in [2.45, 2.75) is 25.4 Å². The van der Waals surface area contributed by atoms with E-state index < -0.39 is 17.5 Å². The molecule has 0 fully saturated rings. The van der Waals surface area contributed by atoms with Gasteiger partial charge in [0.1, 0.15) is 0 Å². The Kier molecular flexibility index (Phi) is 4.93. The van der Waals surface area contributed by atoms with Crippen LogP contribution in [0.5, 0.6) is 0 Å². The van der Waals surface area contributed by atoms with Crippen molar-refractivity contribution in [2.24, 2.45) is 0 Å². The predicted octanol–water partition coefficient (Wildman–Crippen LogP) is 3.05. The maximum absolute atomic E-state index is 12.3. The molecule has 110 valence electrons. The van der Waals surface area contributed by atoms with E-state index in [2.05, 4.69) is 0 Å². The zero-order chi connectivity index (χ0) is 15.1. The molecule has 2 rings (SSSR count). The lowest BCUT2D eigenvalue weighted by Crippen LogP contribution is -2.43. The van der Waals surface area contributed by atoms with Crippen molar-refractivity contribution in [3.63, 3.8) is 0 Å². The van der Waals surface area contributed by atoms with Gasteiger partial charge < -0.3 is 9.47 Å². The molecule has 1 aliphatic carbocycles. The zero-order valence-corrected chi connectivity index (χ0v) is 12.0. The first kappa shape index (κ1) is 15.0. The quantitative estimate of drug-likeness (QED) is 0.781. The van der Waals surface area contributed by atoms with Crippen LogP contribution in [0.1, 0.15) is 30.1 Å². The van der Waals surface area contributed by atoms with Crippen LogP contribution in [0, 0.1) is 0 Å². The highest BCUT2D eigenvalue weighted by Gasteiger charge is 2.41. The maximum Gasteiger partial charge on any atom is 0.355 e. The summed E-state index contributed by atoms with van der Waals surface area (Å²) in [4.78, 5) is 24.5. The SMILES string of the molecule is CCCOC(=O)C1(OC(=O)c2ccccc2)C=CC=CC1. The van der Waals surface area contributed by atoms with Crippen molar-refractivity contribution in [2.75, 3.05) is 6.61 Å². The molecule has 0 aliphatic heterocycles. The van der Waals surface area contributed by atoms with E-state index in [9.17, 15) is 9.59 Å². The molecule has 21 heavy (non-hydrogen) atoms. The Morgan fingerprint density at radius 1 is 1.19 bits per heavy atom. The molecule has 0 spiro atoms. The second-order valence-corrected chi connectivity index (χ2v) is 4.77. The van der Waals surface area contributed by atoms with E-state index in [4.69, 9.17) is 9.47 Å². The first-order valence-corrected chi connectivity index (χ1v) is 6.98. The molecule has 0 bridgehead atoms. The van der Waals surface area contributed by atoms with E-state index in [1.165, 1.54) is 0 Å². The number of hydrogen-bond acceptors (Lipinski definition) is 4. The highest BCUT2D eigenvalue weighted by Crippen LogP contribution is 2.26. The summed E-state index contributed by atoms with van der Waals surface area (Å²) in [6.45, 7) is 2.22. The molecule has 0 radical (unpaired) electrons.